The Balaban J connectivity index is 2.76. The molecular weight excluding hydrogens is 220 g/mol. The lowest BCUT2D eigenvalue weighted by Crippen LogP contribution is -2.38. The normalized spacial score (nSPS) is 13.3. The van der Waals surface area contributed by atoms with Crippen molar-refractivity contribution in [2.24, 2.45) is 0 Å². The Labute approximate surface area is 101 Å². The number of nitrogens with zero attached hydrogens (tertiary/aromatic N) is 4. The molecule has 96 valence electrons. The van der Waals surface area contributed by atoms with Gasteiger partial charge in [-0.3, -0.25) is 9.69 Å². The van der Waals surface area contributed by atoms with Crippen LogP contribution in [0.5, 0.6) is 0 Å². The fourth-order valence-corrected chi connectivity index (χ4v) is 1.83. The Bertz CT molecular complexity index is 375. The lowest BCUT2D eigenvalue weighted by atomic mass is 10.2. The van der Waals surface area contributed by atoms with Crippen LogP contribution in [0.1, 0.15) is 39.1 Å². The van der Waals surface area contributed by atoms with Gasteiger partial charge in [-0.15, -0.1) is 0 Å². The second-order valence-corrected chi connectivity index (χ2v) is 4.39. The molecule has 0 bridgehead atoms. The molecule has 0 spiro atoms. The van der Waals surface area contributed by atoms with Crippen LogP contribution in [0.15, 0.2) is 6.33 Å². The second-order valence-electron chi connectivity index (χ2n) is 4.39. The minimum absolute atomic E-state index is 0.228. The number of hydrogen-bond acceptors (Lipinski definition) is 4. The Hall–Kier alpha value is -1.43. The maximum Gasteiger partial charge on any atom is 0.320 e. The molecule has 0 aliphatic rings. The van der Waals surface area contributed by atoms with Gasteiger partial charge in [-0.2, -0.15) is 5.10 Å². The number of carboxylic acid groups (broad SMARTS) is 1. The van der Waals surface area contributed by atoms with Crippen LogP contribution in [0.4, 0.5) is 0 Å². The van der Waals surface area contributed by atoms with Crippen molar-refractivity contribution in [3.05, 3.63) is 12.2 Å². The van der Waals surface area contributed by atoms with Gasteiger partial charge in [0.05, 0.1) is 6.54 Å². The van der Waals surface area contributed by atoms with Gasteiger partial charge in [0.25, 0.3) is 0 Å². The summed E-state index contributed by atoms with van der Waals surface area (Å²) in [6.07, 6.45) is 2.08. The molecule has 0 fully saturated rings. The quantitative estimate of drug-likeness (QED) is 0.807. The van der Waals surface area contributed by atoms with Crippen LogP contribution >= 0.6 is 0 Å². The van der Waals surface area contributed by atoms with E-state index < -0.39 is 12.0 Å². The van der Waals surface area contributed by atoms with Crippen LogP contribution in [-0.2, 0) is 11.3 Å². The van der Waals surface area contributed by atoms with Crippen molar-refractivity contribution in [2.45, 2.75) is 45.8 Å². The predicted molar refractivity (Wildman–Crippen MR) is 63.6 cm³/mol. The van der Waals surface area contributed by atoms with Gasteiger partial charge in [0, 0.05) is 6.04 Å². The first kappa shape index (κ1) is 13.6. The molecule has 0 radical (unpaired) electrons. The molecule has 0 saturated heterocycles. The van der Waals surface area contributed by atoms with Gasteiger partial charge in [-0.1, -0.05) is 6.92 Å². The molecule has 1 unspecified atom stereocenters. The third-order valence-electron chi connectivity index (χ3n) is 2.73. The zero-order valence-electron chi connectivity index (χ0n) is 10.8. The Kier molecular flexibility index (Phi) is 4.62. The van der Waals surface area contributed by atoms with Crippen LogP contribution in [0.25, 0.3) is 0 Å². The zero-order chi connectivity index (χ0) is 13.0. The highest BCUT2D eigenvalue weighted by Gasteiger charge is 2.22. The van der Waals surface area contributed by atoms with Gasteiger partial charge in [0.1, 0.15) is 18.2 Å². The Morgan fingerprint density at radius 1 is 1.59 bits per heavy atom. The fraction of sp³-hybridized carbons (Fsp3) is 0.727. The molecular formula is C11H20N4O2. The highest BCUT2D eigenvalue weighted by atomic mass is 16.4. The lowest BCUT2D eigenvalue weighted by Gasteiger charge is -2.23. The lowest BCUT2D eigenvalue weighted by molar-refractivity contribution is -0.143. The third kappa shape index (κ3) is 3.26. The Morgan fingerprint density at radius 3 is 2.71 bits per heavy atom. The van der Waals surface area contributed by atoms with Crippen molar-refractivity contribution >= 4 is 5.97 Å². The van der Waals surface area contributed by atoms with Gasteiger partial charge in [0.15, 0.2) is 0 Å². The van der Waals surface area contributed by atoms with Crippen molar-refractivity contribution < 1.29 is 9.90 Å². The largest absolute Gasteiger partial charge is 0.480 e. The molecule has 6 heteroatoms. The van der Waals surface area contributed by atoms with E-state index in [-0.39, 0.29) is 6.04 Å². The van der Waals surface area contributed by atoms with E-state index in [0.717, 1.165) is 5.82 Å². The predicted octanol–water partition coefficient (Wildman–Crippen LogP) is 1.15. The van der Waals surface area contributed by atoms with Gasteiger partial charge in [-0.25, -0.2) is 9.67 Å². The third-order valence-corrected chi connectivity index (χ3v) is 2.73. The molecule has 0 aliphatic heterocycles. The van der Waals surface area contributed by atoms with Crippen LogP contribution < -0.4 is 0 Å². The van der Waals surface area contributed by atoms with Crippen LogP contribution in [0.2, 0.25) is 0 Å². The van der Waals surface area contributed by atoms with Gasteiger partial charge >= 0.3 is 5.97 Å². The van der Waals surface area contributed by atoms with E-state index in [1.54, 1.807) is 11.9 Å². The topological polar surface area (TPSA) is 71.2 Å². The van der Waals surface area contributed by atoms with Crippen LogP contribution in [0, 0.1) is 0 Å². The minimum atomic E-state index is -0.800. The second kappa shape index (κ2) is 5.77. The molecule has 0 amide bonds. The summed E-state index contributed by atoms with van der Waals surface area (Å²) in [5, 5.41) is 13.2. The van der Waals surface area contributed by atoms with Crippen molar-refractivity contribution in [3.63, 3.8) is 0 Å². The summed E-state index contributed by atoms with van der Waals surface area (Å²) in [4.78, 5) is 17.0. The molecule has 6 nitrogen and oxygen atoms in total. The summed E-state index contributed by atoms with van der Waals surface area (Å²) >= 11 is 0. The standard InChI is InChI=1S/C11H20N4O2/c1-5-9(11(16)17)14(4)6-10-12-7-13-15(10)8(2)3/h7-9H,5-6H2,1-4H3,(H,16,17). The molecule has 0 aromatic carbocycles. The maximum absolute atomic E-state index is 11.0. The maximum atomic E-state index is 11.0. The molecule has 1 heterocycles. The van der Waals surface area contributed by atoms with Crippen molar-refractivity contribution in [2.75, 3.05) is 7.05 Å². The molecule has 1 aromatic rings. The summed E-state index contributed by atoms with van der Waals surface area (Å²) in [5.74, 6) is -0.00666. The number of rotatable bonds is 6. The smallest absolute Gasteiger partial charge is 0.320 e. The number of aliphatic carboxylic acids is 1. The first-order chi connectivity index (χ1) is 7.97. The molecule has 17 heavy (non-hydrogen) atoms. The summed E-state index contributed by atoms with van der Waals surface area (Å²) in [5.41, 5.74) is 0. The monoisotopic (exact) mass is 240 g/mol. The van der Waals surface area contributed by atoms with Crippen molar-refractivity contribution in [1.82, 2.24) is 19.7 Å². The van der Waals surface area contributed by atoms with E-state index in [1.165, 1.54) is 6.33 Å². The minimum Gasteiger partial charge on any atom is -0.480 e. The van der Waals surface area contributed by atoms with Gasteiger partial charge < -0.3 is 5.11 Å². The average Bonchev–Trinajstić information content (AvgIpc) is 2.66. The summed E-state index contributed by atoms with van der Waals surface area (Å²) in [6, 6.07) is -0.252. The number of hydrogen-bond donors (Lipinski definition) is 1. The van der Waals surface area contributed by atoms with Gasteiger partial charge in [-0.05, 0) is 27.3 Å². The van der Waals surface area contributed by atoms with Crippen LogP contribution in [-0.4, -0.2) is 43.8 Å². The van der Waals surface area contributed by atoms with E-state index in [4.69, 9.17) is 5.11 Å². The van der Waals surface area contributed by atoms with Crippen molar-refractivity contribution in [1.29, 1.82) is 0 Å². The number of carbonyl (C=O) groups is 1. The number of carboxylic acids is 1. The van der Waals surface area contributed by atoms with Gasteiger partial charge in [0.2, 0.25) is 0 Å². The first-order valence-electron chi connectivity index (χ1n) is 5.78. The molecule has 1 atom stereocenters. The molecule has 1 rings (SSSR count). The average molecular weight is 240 g/mol. The van der Waals surface area contributed by atoms with Crippen LogP contribution in [0.3, 0.4) is 0 Å². The fourth-order valence-electron chi connectivity index (χ4n) is 1.83. The zero-order valence-corrected chi connectivity index (χ0v) is 10.8. The summed E-state index contributed by atoms with van der Waals surface area (Å²) < 4.78 is 1.81. The summed E-state index contributed by atoms with van der Waals surface area (Å²) in [6.45, 7) is 6.39. The van der Waals surface area contributed by atoms with E-state index >= 15 is 0 Å². The van der Waals surface area contributed by atoms with E-state index in [2.05, 4.69) is 10.1 Å². The highest BCUT2D eigenvalue weighted by Crippen LogP contribution is 2.10. The van der Waals surface area contributed by atoms with E-state index in [9.17, 15) is 4.79 Å². The number of aromatic nitrogens is 3. The Morgan fingerprint density at radius 2 is 2.24 bits per heavy atom. The van der Waals surface area contributed by atoms with E-state index in [1.807, 2.05) is 25.5 Å². The molecule has 1 aromatic heterocycles. The molecule has 1 N–H and O–H groups in total. The van der Waals surface area contributed by atoms with Crippen molar-refractivity contribution in [3.8, 4) is 0 Å². The summed E-state index contributed by atoms with van der Waals surface area (Å²) in [7, 11) is 1.79. The SMILES string of the molecule is CCC(C(=O)O)N(C)Cc1ncnn1C(C)C. The first-order valence-corrected chi connectivity index (χ1v) is 5.78. The molecule has 0 saturated carbocycles. The molecule has 0 aliphatic carbocycles. The number of likely N-dealkylation sites (N-methyl/N-ethyl adjacent to an activating group) is 1. The van der Waals surface area contributed by atoms with E-state index in [0.29, 0.717) is 13.0 Å². The highest BCUT2D eigenvalue weighted by molar-refractivity contribution is 5.73.